The van der Waals surface area contributed by atoms with E-state index in [1.807, 2.05) is 49.4 Å². The Morgan fingerprint density at radius 1 is 1.32 bits per heavy atom. The Labute approximate surface area is 132 Å². The number of hydrogen-bond donors (Lipinski definition) is 0. The van der Waals surface area contributed by atoms with Gasteiger partial charge >= 0.3 is 5.97 Å². The molecule has 0 spiro atoms. The van der Waals surface area contributed by atoms with Crippen LogP contribution in [0.15, 0.2) is 36.4 Å². The lowest BCUT2D eigenvalue weighted by Crippen LogP contribution is -2.47. The number of carbonyl (C=O) groups is 2. The number of Topliss-reactive ketones (excluding diaryl/α,β-unsaturated/α-hetero) is 1. The zero-order chi connectivity index (χ0) is 16.0. The van der Waals surface area contributed by atoms with Crippen molar-refractivity contribution in [2.24, 2.45) is 11.3 Å². The summed E-state index contributed by atoms with van der Waals surface area (Å²) < 4.78 is 5.23. The summed E-state index contributed by atoms with van der Waals surface area (Å²) >= 11 is 0. The van der Waals surface area contributed by atoms with Crippen LogP contribution in [0, 0.1) is 11.3 Å². The molecule has 118 valence electrons. The largest absolute Gasteiger partial charge is 0.465 e. The highest BCUT2D eigenvalue weighted by Crippen LogP contribution is 2.42. The Morgan fingerprint density at radius 2 is 2.05 bits per heavy atom. The Balaban J connectivity index is 2.26. The number of benzene rings is 1. The minimum atomic E-state index is -1.00. The van der Waals surface area contributed by atoms with Gasteiger partial charge in [0.2, 0.25) is 0 Å². The second-order valence-corrected chi connectivity index (χ2v) is 5.88. The Morgan fingerprint density at radius 3 is 2.68 bits per heavy atom. The van der Waals surface area contributed by atoms with Crippen LogP contribution in [0.4, 0.5) is 0 Å². The van der Waals surface area contributed by atoms with Gasteiger partial charge in [-0.25, -0.2) is 0 Å². The highest BCUT2D eigenvalue weighted by molar-refractivity contribution is 6.05. The Hall–Kier alpha value is -1.90. The normalized spacial score (nSPS) is 23.5. The molecule has 2 rings (SSSR count). The number of hydrogen-bond acceptors (Lipinski definition) is 3. The van der Waals surface area contributed by atoms with Crippen molar-refractivity contribution >= 4 is 17.8 Å². The first-order valence-corrected chi connectivity index (χ1v) is 8.05. The van der Waals surface area contributed by atoms with Crippen molar-refractivity contribution < 1.29 is 14.3 Å². The van der Waals surface area contributed by atoms with Crippen LogP contribution in [-0.4, -0.2) is 18.4 Å². The fourth-order valence-corrected chi connectivity index (χ4v) is 3.18. The maximum absolute atomic E-state index is 12.6. The van der Waals surface area contributed by atoms with Gasteiger partial charge in [-0.3, -0.25) is 9.59 Å². The number of ether oxygens (including phenoxy) is 1. The highest BCUT2D eigenvalue weighted by Gasteiger charge is 2.51. The Bertz CT molecular complexity index is 547. The van der Waals surface area contributed by atoms with Crippen LogP contribution >= 0.6 is 0 Å². The van der Waals surface area contributed by atoms with E-state index in [1.165, 1.54) is 0 Å². The van der Waals surface area contributed by atoms with Crippen molar-refractivity contribution in [1.82, 2.24) is 0 Å². The van der Waals surface area contributed by atoms with Crippen LogP contribution in [-0.2, 0) is 14.3 Å². The molecule has 0 aliphatic heterocycles. The van der Waals surface area contributed by atoms with E-state index in [-0.39, 0.29) is 17.7 Å². The van der Waals surface area contributed by atoms with Crippen LogP contribution in [0.25, 0.3) is 6.08 Å². The van der Waals surface area contributed by atoms with Crippen LogP contribution in [0.3, 0.4) is 0 Å². The van der Waals surface area contributed by atoms with Gasteiger partial charge in [0.25, 0.3) is 0 Å². The zero-order valence-corrected chi connectivity index (χ0v) is 13.4. The zero-order valence-electron chi connectivity index (χ0n) is 13.4. The van der Waals surface area contributed by atoms with Crippen molar-refractivity contribution in [3.05, 3.63) is 42.0 Å². The molecule has 0 amide bonds. The summed E-state index contributed by atoms with van der Waals surface area (Å²) in [6.45, 7) is 4.03. The molecule has 0 radical (unpaired) electrons. The van der Waals surface area contributed by atoms with E-state index < -0.39 is 5.41 Å². The number of allylic oxidation sites excluding steroid dienone is 1. The lowest BCUT2D eigenvalue weighted by Gasteiger charge is -2.37. The fraction of sp³-hybridized carbons (Fsp3) is 0.474. The van der Waals surface area contributed by atoms with Gasteiger partial charge < -0.3 is 4.74 Å². The van der Waals surface area contributed by atoms with Crippen molar-refractivity contribution in [1.29, 1.82) is 0 Å². The number of rotatable bonds is 5. The molecule has 0 N–H and O–H groups in total. The molecular formula is C19H24O3. The predicted octanol–water partition coefficient (Wildman–Crippen LogP) is 4.03. The second kappa shape index (κ2) is 7.39. The third-order valence-corrected chi connectivity index (χ3v) is 4.52. The van der Waals surface area contributed by atoms with Crippen LogP contribution in [0.5, 0.6) is 0 Å². The summed E-state index contributed by atoms with van der Waals surface area (Å²) in [6, 6.07) is 9.91. The van der Waals surface area contributed by atoms with Crippen LogP contribution in [0.1, 0.15) is 45.1 Å². The Kier molecular flexibility index (Phi) is 5.53. The number of esters is 1. The van der Waals surface area contributed by atoms with Gasteiger partial charge in [-0.15, -0.1) is 0 Å². The predicted molar refractivity (Wildman–Crippen MR) is 87.2 cm³/mol. The van der Waals surface area contributed by atoms with Crippen molar-refractivity contribution in [2.75, 3.05) is 6.61 Å². The standard InChI is InChI=1S/C19H24O3/c1-3-22-18(21)19(14-8-7-11-17(19)20)15(2)12-13-16-9-5-4-6-10-16/h4-6,9-10,12-13,15H,3,7-8,11,14H2,1-2H3/b13-12+/t15-,19+/m1/s1. The summed E-state index contributed by atoms with van der Waals surface area (Å²) in [5.74, 6) is -0.494. The molecule has 3 heteroatoms. The molecule has 1 aromatic rings. The average Bonchev–Trinajstić information content (AvgIpc) is 2.54. The van der Waals surface area contributed by atoms with Gasteiger partial charge in [0, 0.05) is 6.42 Å². The molecule has 1 aliphatic carbocycles. The lowest BCUT2D eigenvalue weighted by molar-refractivity contribution is -0.165. The molecule has 1 saturated carbocycles. The second-order valence-electron chi connectivity index (χ2n) is 5.88. The highest BCUT2D eigenvalue weighted by atomic mass is 16.5. The van der Waals surface area contributed by atoms with Gasteiger partial charge in [-0.2, -0.15) is 0 Å². The fourth-order valence-electron chi connectivity index (χ4n) is 3.18. The van der Waals surface area contributed by atoms with E-state index in [2.05, 4.69) is 0 Å². The lowest BCUT2D eigenvalue weighted by atomic mass is 9.65. The first kappa shape index (κ1) is 16.5. The molecule has 2 atom stereocenters. The van der Waals surface area contributed by atoms with Gasteiger partial charge in [-0.05, 0) is 31.2 Å². The molecule has 22 heavy (non-hydrogen) atoms. The summed E-state index contributed by atoms with van der Waals surface area (Å²) in [5.41, 5.74) is 0.0659. The van der Waals surface area contributed by atoms with Gasteiger partial charge in [-0.1, -0.05) is 55.8 Å². The molecule has 0 unspecified atom stereocenters. The maximum Gasteiger partial charge on any atom is 0.320 e. The molecule has 0 bridgehead atoms. The van der Waals surface area contributed by atoms with E-state index in [1.54, 1.807) is 6.92 Å². The van der Waals surface area contributed by atoms with E-state index in [0.29, 0.717) is 19.4 Å². The monoisotopic (exact) mass is 300 g/mol. The quantitative estimate of drug-likeness (QED) is 0.609. The molecular weight excluding hydrogens is 276 g/mol. The van der Waals surface area contributed by atoms with Gasteiger partial charge in [0.1, 0.15) is 5.41 Å². The summed E-state index contributed by atoms with van der Waals surface area (Å²) in [5, 5.41) is 0. The van der Waals surface area contributed by atoms with E-state index in [0.717, 1.165) is 18.4 Å². The number of carbonyl (C=O) groups excluding carboxylic acids is 2. The van der Waals surface area contributed by atoms with Gasteiger partial charge in [0.05, 0.1) is 6.61 Å². The molecule has 1 aromatic carbocycles. The van der Waals surface area contributed by atoms with E-state index >= 15 is 0 Å². The summed E-state index contributed by atoms with van der Waals surface area (Å²) in [4.78, 5) is 25.1. The van der Waals surface area contributed by atoms with Crippen molar-refractivity contribution in [3.63, 3.8) is 0 Å². The van der Waals surface area contributed by atoms with Crippen molar-refractivity contribution in [2.45, 2.75) is 39.5 Å². The van der Waals surface area contributed by atoms with E-state index in [4.69, 9.17) is 4.74 Å². The first-order valence-electron chi connectivity index (χ1n) is 8.05. The molecule has 0 heterocycles. The molecule has 0 saturated heterocycles. The smallest absolute Gasteiger partial charge is 0.320 e. The topological polar surface area (TPSA) is 43.4 Å². The first-order chi connectivity index (χ1) is 10.6. The molecule has 0 aromatic heterocycles. The van der Waals surface area contributed by atoms with Crippen molar-refractivity contribution in [3.8, 4) is 0 Å². The SMILES string of the molecule is CCOC(=O)[C@]1([C@H](C)/C=C/c2ccccc2)CCCCC1=O. The van der Waals surface area contributed by atoms with Gasteiger partial charge in [0.15, 0.2) is 5.78 Å². The van der Waals surface area contributed by atoms with Crippen LogP contribution in [0.2, 0.25) is 0 Å². The summed E-state index contributed by atoms with van der Waals surface area (Å²) in [6.07, 6.45) is 6.78. The molecule has 1 fully saturated rings. The third kappa shape index (κ3) is 3.29. The third-order valence-electron chi connectivity index (χ3n) is 4.52. The number of ketones is 1. The maximum atomic E-state index is 12.6. The van der Waals surface area contributed by atoms with E-state index in [9.17, 15) is 9.59 Å². The molecule has 3 nitrogen and oxygen atoms in total. The minimum absolute atomic E-state index is 0.0300. The average molecular weight is 300 g/mol. The summed E-state index contributed by atoms with van der Waals surface area (Å²) in [7, 11) is 0. The minimum Gasteiger partial charge on any atom is -0.465 e. The molecule has 1 aliphatic rings. The van der Waals surface area contributed by atoms with Crippen LogP contribution < -0.4 is 0 Å².